The second-order valence-corrected chi connectivity index (χ2v) is 7.65. The van der Waals surface area contributed by atoms with Gasteiger partial charge in [0.15, 0.2) is 0 Å². The summed E-state index contributed by atoms with van der Waals surface area (Å²) >= 11 is 0. The normalized spacial score (nSPS) is 18.2. The van der Waals surface area contributed by atoms with Crippen LogP contribution in [0.3, 0.4) is 0 Å². The number of ether oxygens (including phenoxy) is 1. The average Bonchev–Trinajstić information content (AvgIpc) is 2.97. The molecule has 126 valence electrons. The lowest BCUT2D eigenvalue weighted by atomic mass is 10.1. The van der Waals surface area contributed by atoms with Gasteiger partial charge >= 0.3 is 0 Å². The van der Waals surface area contributed by atoms with Crippen molar-refractivity contribution in [2.45, 2.75) is 25.2 Å². The Morgan fingerprint density at radius 3 is 2.55 bits per heavy atom. The smallest absolute Gasteiger partial charge is 0.240 e. The summed E-state index contributed by atoms with van der Waals surface area (Å²) in [6.07, 6.45) is 1.02. The Bertz CT molecular complexity index is 540. The van der Waals surface area contributed by atoms with Gasteiger partial charge in [0.25, 0.3) is 0 Å². The van der Waals surface area contributed by atoms with Gasteiger partial charge in [0.1, 0.15) is 5.75 Å². The lowest BCUT2D eigenvalue weighted by Gasteiger charge is -2.12. The van der Waals surface area contributed by atoms with Crippen LogP contribution in [0.4, 0.5) is 0 Å². The topological polar surface area (TPSA) is 67.4 Å². The molecule has 7 heteroatoms. The Kier molecular flexibility index (Phi) is 7.62. The van der Waals surface area contributed by atoms with Crippen molar-refractivity contribution in [3.63, 3.8) is 0 Å². The van der Waals surface area contributed by atoms with Gasteiger partial charge in [-0.1, -0.05) is 13.8 Å². The van der Waals surface area contributed by atoms with Gasteiger partial charge in [-0.3, -0.25) is 0 Å². The van der Waals surface area contributed by atoms with E-state index in [1.165, 1.54) is 0 Å². The SMILES string of the molecule is CC(C)COc1ccc(S(=O)(=O)NCC2CCNC2)cc1.Cl. The van der Waals surface area contributed by atoms with Gasteiger partial charge in [-0.25, -0.2) is 13.1 Å². The first-order valence-corrected chi connectivity index (χ1v) is 8.89. The second kappa shape index (κ2) is 8.72. The minimum absolute atomic E-state index is 0. The molecule has 0 bridgehead atoms. The van der Waals surface area contributed by atoms with Crippen molar-refractivity contribution in [1.82, 2.24) is 10.0 Å². The van der Waals surface area contributed by atoms with Crippen LogP contribution < -0.4 is 14.8 Å². The summed E-state index contributed by atoms with van der Waals surface area (Å²) in [5.74, 6) is 1.52. The highest BCUT2D eigenvalue weighted by Gasteiger charge is 2.19. The quantitative estimate of drug-likeness (QED) is 0.791. The first kappa shape index (κ1) is 19.2. The molecule has 0 amide bonds. The Morgan fingerprint density at radius 1 is 1.32 bits per heavy atom. The third-order valence-corrected chi connectivity index (χ3v) is 4.88. The largest absolute Gasteiger partial charge is 0.493 e. The Morgan fingerprint density at radius 2 is 2.00 bits per heavy atom. The average molecular weight is 349 g/mol. The summed E-state index contributed by atoms with van der Waals surface area (Å²) in [6, 6.07) is 6.58. The fourth-order valence-corrected chi connectivity index (χ4v) is 3.29. The highest BCUT2D eigenvalue weighted by molar-refractivity contribution is 7.89. The van der Waals surface area contributed by atoms with Crippen LogP contribution in [0.1, 0.15) is 20.3 Å². The first-order valence-electron chi connectivity index (χ1n) is 7.40. The van der Waals surface area contributed by atoms with Crippen LogP contribution in [0.5, 0.6) is 5.75 Å². The molecule has 1 aromatic carbocycles. The molecule has 1 aromatic rings. The summed E-state index contributed by atoms with van der Waals surface area (Å²) < 4.78 is 32.6. The van der Waals surface area contributed by atoms with Crippen molar-refractivity contribution >= 4 is 22.4 Å². The van der Waals surface area contributed by atoms with Crippen molar-refractivity contribution in [2.75, 3.05) is 26.2 Å². The molecule has 0 aliphatic carbocycles. The van der Waals surface area contributed by atoms with Crippen LogP contribution in [0.15, 0.2) is 29.2 Å². The van der Waals surface area contributed by atoms with E-state index in [9.17, 15) is 8.42 Å². The first-order chi connectivity index (χ1) is 9.97. The molecule has 0 radical (unpaired) electrons. The number of sulfonamides is 1. The monoisotopic (exact) mass is 348 g/mol. The van der Waals surface area contributed by atoms with E-state index in [-0.39, 0.29) is 17.3 Å². The van der Waals surface area contributed by atoms with Gasteiger partial charge in [-0.2, -0.15) is 0 Å². The molecule has 1 atom stereocenters. The van der Waals surface area contributed by atoms with E-state index in [0.29, 0.717) is 30.7 Å². The van der Waals surface area contributed by atoms with Gasteiger partial charge in [-0.05, 0) is 55.6 Å². The minimum atomic E-state index is -3.43. The maximum absolute atomic E-state index is 12.2. The molecule has 1 saturated heterocycles. The van der Waals surface area contributed by atoms with Crippen molar-refractivity contribution in [3.8, 4) is 5.75 Å². The minimum Gasteiger partial charge on any atom is -0.493 e. The van der Waals surface area contributed by atoms with E-state index in [1.807, 2.05) is 0 Å². The highest BCUT2D eigenvalue weighted by atomic mass is 35.5. The molecular weight excluding hydrogens is 324 g/mol. The number of halogens is 1. The Labute approximate surface area is 139 Å². The number of hydrogen-bond donors (Lipinski definition) is 2. The number of benzene rings is 1. The molecular formula is C15H25ClN2O3S. The van der Waals surface area contributed by atoms with E-state index in [1.54, 1.807) is 24.3 Å². The lowest BCUT2D eigenvalue weighted by Crippen LogP contribution is -2.30. The molecule has 22 heavy (non-hydrogen) atoms. The van der Waals surface area contributed by atoms with Crippen molar-refractivity contribution in [1.29, 1.82) is 0 Å². The zero-order valence-electron chi connectivity index (χ0n) is 13.0. The second-order valence-electron chi connectivity index (χ2n) is 5.89. The molecule has 2 N–H and O–H groups in total. The molecule has 1 unspecified atom stereocenters. The number of hydrogen-bond acceptors (Lipinski definition) is 4. The van der Waals surface area contributed by atoms with Gasteiger partial charge in [-0.15, -0.1) is 12.4 Å². The zero-order valence-corrected chi connectivity index (χ0v) is 14.7. The van der Waals surface area contributed by atoms with Crippen molar-refractivity contribution < 1.29 is 13.2 Å². The predicted molar refractivity (Wildman–Crippen MR) is 90.2 cm³/mol. The van der Waals surface area contributed by atoms with Crippen molar-refractivity contribution in [3.05, 3.63) is 24.3 Å². The van der Waals surface area contributed by atoms with Gasteiger partial charge in [0, 0.05) is 6.54 Å². The van der Waals surface area contributed by atoms with E-state index in [0.717, 1.165) is 19.5 Å². The van der Waals surface area contributed by atoms with Crippen LogP contribution in [-0.4, -0.2) is 34.7 Å². The number of rotatable bonds is 7. The molecule has 1 fully saturated rings. The molecule has 0 saturated carbocycles. The van der Waals surface area contributed by atoms with Crippen LogP contribution >= 0.6 is 12.4 Å². The third-order valence-electron chi connectivity index (χ3n) is 3.44. The fraction of sp³-hybridized carbons (Fsp3) is 0.600. The standard InChI is InChI=1S/C15H24N2O3S.ClH/c1-12(2)11-20-14-3-5-15(6-4-14)21(18,19)17-10-13-7-8-16-9-13;/h3-6,12-13,16-17H,7-11H2,1-2H3;1H. The van der Waals surface area contributed by atoms with E-state index in [4.69, 9.17) is 4.74 Å². The molecule has 0 spiro atoms. The summed E-state index contributed by atoms with van der Waals surface area (Å²) in [4.78, 5) is 0.283. The Balaban J connectivity index is 0.00000242. The number of nitrogens with one attached hydrogen (secondary N) is 2. The van der Waals surface area contributed by atoms with E-state index in [2.05, 4.69) is 23.9 Å². The van der Waals surface area contributed by atoms with E-state index < -0.39 is 10.0 Å². The molecule has 1 heterocycles. The van der Waals surface area contributed by atoms with Gasteiger partial charge < -0.3 is 10.1 Å². The van der Waals surface area contributed by atoms with Crippen LogP contribution in [0.2, 0.25) is 0 Å². The summed E-state index contributed by atoms with van der Waals surface area (Å²) in [5.41, 5.74) is 0. The summed E-state index contributed by atoms with van der Waals surface area (Å²) in [5, 5.41) is 3.23. The molecule has 5 nitrogen and oxygen atoms in total. The summed E-state index contributed by atoms with van der Waals surface area (Å²) in [6.45, 7) is 7.10. The maximum Gasteiger partial charge on any atom is 0.240 e. The fourth-order valence-electron chi connectivity index (χ4n) is 2.18. The van der Waals surface area contributed by atoms with Gasteiger partial charge in [0.2, 0.25) is 10.0 Å². The molecule has 1 aliphatic heterocycles. The molecule has 2 rings (SSSR count). The Hall–Kier alpha value is -0.820. The van der Waals surface area contributed by atoms with Crippen LogP contribution in [0, 0.1) is 11.8 Å². The summed E-state index contributed by atoms with van der Waals surface area (Å²) in [7, 11) is -3.43. The maximum atomic E-state index is 12.2. The molecule has 1 aliphatic rings. The van der Waals surface area contributed by atoms with E-state index >= 15 is 0 Å². The predicted octanol–water partition coefficient (Wildman–Crippen LogP) is 2.03. The third kappa shape index (κ3) is 5.76. The van der Waals surface area contributed by atoms with Crippen LogP contribution in [-0.2, 0) is 10.0 Å². The molecule has 0 aromatic heterocycles. The van der Waals surface area contributed by atoms with Crippen molar-refractivity contribution in [2.24, 2.45) is 11.8 Å². The van der Waals surface area contributed by atoms with Gasteiger partial charge in [0.05, 0.1) is 11.5 Å². The zero-order chi connectivity index (χ0) is 15.3. The highest BCUT2D eigenvalue weighted by Crippen LogP contribution is 2.17. The lowest BCUT2D eigenvalue weighted by molar-refractivity contribution is 0.271. The van der Waals surface area contributed by atoms with Crippen LogP contribution in [0.25, 0.3) is 0 Å².